The second-order valence-corrected chi connectivity index (χ2v) is 10.7. The number of rotatable bonds is 19. The Labute approximate surface area is 241 Å². The number of hydrogen-bond donors (Lipinski definition) is 2. The molecule has 0 atom stereocenters. The van der Waals surface area contributed by atoms with E-state index in [2.05, 4.69) is 97.3 Å². The third-order valence-corrected chi connectivity index (χ3v) is 7.50. The summed E-state index contributed by atoms with van der Waals surface area (Å²) in [5.41, 5.74) is 2.51. The van der Waals surface area contributed by atoms with E-state index in [-0.39, 0.29) is 0 Å². The lowest BCUT2D eigenvalue weighted by molar-refractivity contribution is 0.309. The Bertz CT molecular complexity index is 1200. The van der Waals surface area contributed by atoms with Gasteiger partial charge in [-0.25, -0.2) is 0 Å². The van der Waals surface area contributed by atoms with Crippen molar-refractivity contribution in [2.24, 2.45) is 0 Å². The van der Waals surface area contributed by atoms with Crippen molar-refractivity contribution in [1.29, 1.82) is 0 Å². The van der Waals surface area contributed by atoms with Crippen LogP contribution in [0.2, 0.25) is 0 Å². The summed E-state index contributed by atoms with van der Waals surface area (Å²) in [6.07, 6.45) is 9.33. The van der Waals surface area contributed by atoms with E-state index in [9.17, 15) is 0 Å². The molecule has 0 radical (unpaired) electrons. The molecule has 4 nitrogen and oxygen atoms in total. The predicted octanol–water partition coefficient (Wildman–Crippen LogP) is 8.79. The number of ether oxygens (including phenoxy) is 2. The average molecular weight is 541 g/mol. The minimum atomic E-state index is 0.777. The van der Waals surface area contributed by atoms with E-state index in [1.165, 1.54) is 58.4 Å². The van der Waals surface area contributed by atoms with Crippen molar-refractivity contribution in [3.05, 3.63) is 83.9 Å². The molecule has 4 heteroatoms. The summed E-state index contributed by atoms with van der Waals surface area (Å²) in [6.45, 7) is 9.73. The zero-order valence-electron chi connectivity index (χ0n) is 24.6. The Balaban J connectivity index is 1.15. The molecule has 4 aromatic carbocycles. The molecule has 0 aliphatic rings. The van der Waals surface area contributed by atoms with Gasteiger partial charge in [0.15, 0.2) is 0 Å². The molecule has 0 aliphatic carbocycles. The van der Waals surface area contributed by atoms with Gasteiger partial charge in [0, 0.05) is 35.0 Å². The van der Waals surface area contributed by atoms with Gasteiger partial charge in [-0.2, -0.15) is 0 Å². The fraction of sp³-hybridized carbons (Fsp3) is 0.444. The fourth-order valence-corrected chi connectivity index (χ4v) is 5.13. The maximum absolute atomic E-state index is 6.25. The summed E-state index contributed by atoms with van der Waals surface area (Å²) in [4.78, 5) is 0. The Kier molecular flexibility index (Phi) is 12.6. The van der Waals surface area contributed by atoms with Gasteiger partial charge in [0.05, 0.1) is 13.2 Å². The van der Waals surface area contributed by atoms with Crippen LogP contribution < -0.4 is 20.1 Å². The highest BCUT2D eigenvalue weighted by molar-refractivity contribution is 5.90. The third-order valence-electron chi connectivity index (χ3n) is 7.50. The van der Waals surface area contributed by atoms with Gasteiger partial charge in [0.25, 0.3) is 0 Å². The molecule has 0 saturated carbocycles. The summed E-state index contributed by atoms with van der Waals surface area (Å²) in [5.74, 6) is 2.10. The molecule has 0 fully saturated rings. The second kappa shape index (κ2) is 16.9. The lowest BCUT2D eigenvalue weighted by atomic mass is 10.0. The Morgan fingerprint density at radius 2 is 0.950 bits per heavy atom. The van der Waals surface area contributed by atoms with Gasteiger partial charge in [-0.3, -0.25) is 0 Å². The average Bonchev–Trinajstić information content (AvgIpc) is 2.99. The van der Waals surface area contributed by atoms with Crippen LogP contribution in [0, 0.1) is 0 Å². The molecule has 0 unspecified atom stereocenters. The predicted molar refractivity (Wildman–Crippen MR) is 171 cm³/mol. The highest BCUT2D eigenvalue weighted by Gasteiger charge is 2.10. The molecule has 0 heterocycles. The van der Waals surface area contributed by atoms with Gasteiger partial charge < -0.3 is 20.1 Å². The van der Waals surface area contributed by atoms with E-state index in [1.807, 2.05) is 0 Å². The highest BCUT2D eigenvalue weighted by atomic mass is 16.5. The number of unbranched alkanes of at least 4 members (excludes halogenated alkanes) is 5. The molecule has 214 valence electrons. The van der Waals surface area contributed by atoms with E-state index >= 15 is 0 Å². The molecule has 0 spiro atoms. The Morgan fingerprint density at radius 3 is 1.40 bits per heavy atom. The smallest absolute Gasteiger partial charge is 0.131 e. The molecule has 2 N–H and O–H groups in total. The topological polar surface area (TPSA) is 42.5 Å². The molecule has 0 saturated heterocycles. The highest BCUT2D eigenvalue weighted by Crippen LogP contribution is 2.31. The second-order valence-electron chi connectivity index (χ2n) is 10.7. The maximum atomic E-state index is 6.25. The summed E-state index contributed by atoms with van der Waals surface area (Å²) in [7, 11) is 0. The standard InChI is InChI=1S/C36H48N2O2/c1-3-5-25-39-35-31(21-19-29-15-9-11-17-33(29)35)27-37-23-13-7-8-14-24-38-28-32-22-20-30-16-10-12-18-34(30)36(32)40-26-6-4-2/h9-12,15-22,37-38H,3-8,13-14,23-28H2,1-2H3. The minimum absolute atomic E-state index is 0.777. The summed E-state index contributed by atoms with van der Waals surface area (Å²) >= 11 is 0. The number of benzene rings is 4. The van der Waals surface area contributed by atoms with Gasteiger partial charge in [0.2, 0.25) is 0 Å². The van der Waals surface area contributed by atoms with Crippen LogP contribution in [0.25, 0.3) is 21.5 Å². The lowest BCUT2D eigenvalue weighted by Gasteiger charge is -2.15. The van der Waals surface area contributed by atoms with Crippen LogP contribution in [-0.4, -0.2) is 26.3 Å². The van der Waals surface area contributed by atoms with Gasteiger partial charge >= 0.3 is 0 Å². The minimum Gasteiger partial charge on any atom is -0.493 e. The molecule has 0 amide bonds. The lowest BCUT2D eigenvalue weighted by Crippen LogP contribution is -2.17. The number of nitrogens with one attached hydrogen (secondary N) is 2. The van der Waals surface area contributed by atoms with Crippen LogP contribution in [0.5, 0.6) is 11.5 Å². The summed E-state index contributed by atoms with van der Waals surface area (Å²) < 4.78 is 12.5. The molecular formula is C36H48N2O2. The summed E-state index contributed by atoms with van der Waals surface area (Å²) in [6, 6.07) is 25.9. The first kappa shape index (κ1) is 29.9. The first-order valence-electron chi connectivity index (χ1n) is 15.5. The monoisotopic (exact) mass is 540 g/mol. The molecule has 4 rings (SSSR count). The van der Waals surface area contributed by atoms with Crippen molar-refractivity contribution in [3.8, 4) is 11.5 Å². The van der Waals surface area contributed by atoms with Crippen molar-refractivity contribution in [1.82, 2.24) is 10.6 Å². The van der Waals surface area contributed by atoms with Crippen LogP contribution in [0.3, 0.4) is 0 Å². The van der Waals surface area contributed by atoms with Crippen LogP contribution in [0.15, 0.2) is 72.8 Å². The first-order chi connectivity index (χ1) is 19.8. The van der Waals surface area contributed by atoms with Crippen LogP contribution in [0.4, 0.5) is 0 Å². The van der Waals surface area contributed by atoms with Gasteiger partial charge in [-0.1, -0.05) is 112 Å². The zero-order valence-corrected chi connectivity index (χ0v) is 24.6. The van der Waals surface area contributed by atoms with E-state index in [4.69, 9.17) is 9.47 Å². The van der Waals surface area contributed by atoms with Gasteiger partial charge in [-0.15, -0.1) is 0 Å². The SMILES string of the molecule is CCCCOc1c(CNCCCCCCNCc2ccc3ccccc3c2OCCCC)ccc2ccccc12. The largest absolute Gasteiger partial charge is 0.493 e. The summed E-state index contributed by atoms with van der Waals surface area (Å²) in [5, 5.41) is 12.2. The van der Waals surface area contributed by atoms with E-state index in [1.54, 1.807) is 0 Å². The third kappa shape index (κ3) is 8.71. The van der Waals surface area contributed by atoms with Crippen molar-refractivity contribution < 1.29 is 9.47 Å². The molecular weight excluding hydrogens is 492 g/mol. The normalized spacial score (nSPS) is 11.3. The Morgan fingerprint density at radius 1 is 0.500 bits per heavy atom. The molecule has 0 aliphatic heterocycles. The van der Waals surface area contributed by atoms with Crippen LogP contribution in [-0.2, 0) is 13.1 Å². The van der Waals surface area contributed by atoms with Gasteiger partial charge in [0.1, 0.15) is 11.5 Å². The van der Waals surface area contributed by atoms with Gasteiger partial charge in [-0.05, 0) is 49.5 Å². The van der Waals surface area contributed by atoms with Crippen molar-refractivity contribution in [3.63, 3.8) is 0 Å². The van der Waals surface area contributed by atoms with Crippen molar-refractivity contribution in [2.75, 3.05) is 26.3 Å². The first-order valence-corrected chi connectivity index (χ1v) is 15.5. The zero-order chi connectivity index (χ0) is 27.8. The van der Waals surface area contributed by atoms with E-state index in [0.717, 1.165) is 76.6 Å². The molecule has 0 aromatic heterocycles. The van der Waals surface area contributed by atoms with Crippen LogP contribution in [0.1, 0.15) is 76.3 Å². The molecule has 4 aromatic rings. The Hall–Kier alpha value is -3.08. The van der Waals surface area contributed by atoms with Crippen molar-refractivity contribution >= 4 is 21.5 Å². The number of fused-ring (bicyclic) bond motifs is 2. The van der Waals surface area contributed by atoms with E-state index in [0.29, 0.717) is 0 Å². The fourth-order valence-electron chi connectivity index (χ4n) is 5.13. The molecule has 0 bridgehead atoms. The maximum Gasteiger partial charge on any atom is 0.131 e. The quantitative estimate of drug-likeness (QED) is 0.117. The van der Waals surface area contributed by atoms with Crippen molar-refractivity contribution in [2.45, 2.75) is 78.3 Å². The van der Waals surface area contributed by atoms with Crippen LogP contribution >= 0.6 is 0 Å². The number of hydrogen-bond acceptors (Lipinski definition) is 4. The van der Waals surface area contributed by atoms with E-state index < -0.39 is 0 Å². The molecule has 40 heavy (non-hydrogen) atoms.